The Hall–Kier alpha value is -3.72. The number of carbonyl (C=O) groups is 1. The van der Waals surface area contributed by atoms with Crippen LogP contribution >= 0.6 is 0 Å². The van der Waals surface area contributed by atoms with E-state index in [-0.39, 0.29) is 26.2 Å². The van der Waals surface area contributed by atoms with Gasteiger partial charge in [-0.1, -0.05) is 44.2 Å². The van der Waals surface area contributed by atoms with Gasteiger partial charge in [-0.3, -0.25) is 10.1 Å². The number of rotatable bonds is 6. The van der Waals surface area contributed by atoms with Crippen molar-refractivity contribution < 1.29 is 15.7 Å². The van der Waals surface area contributed by atoms with E-state index < -0.39 is 0 Å². The van der Waals surface area contributed by atoms with Gasteiger partial charge in [-0.25, -0.2) is 14.5 Å². The molecule has 9 heteroatoms. The number of hydrogen-bond donors (Lipinski definition) is 1. The highest BCUT2D eigenvalue weighted by Gasteiger charge is 2.17. The third-order valence-corrected chi connectivity index (χ3v) is 4.77. The highest BCUT2D eigenvalue weighted by atomic mass is 16.5. The van der Waals surface area contributed by atoms with E-state index in [2.05, 4.69) is 15.4 Å². The minimum absolute atomic E-state index is 0. The molecule has 176 valence electrons. The molecule has 1 fully saturated rings. The zero-order chi connectivity index (χ0) is 23.5. The van der Waals surface area contributed by atoms with Crippen LogP contribution in [-0.4, -0.2) is 58.6 Å². The van der Waals surface area contributed by atoms with Crippen molar-refractivity contribution in [3.63, 3.8) is 0 Å². The number of nitrogens with zero attached hydrogens (tertiary/aromatic N) is 4. The number of morpholine rings is 1. The highest BCUT2D eigenvalue weighted by molar-refractivity contribution is 5.88. The summed E-state index contributed by atoms with van der Waals surface area (Å²) in [6, 6.07) is 16.0. The molecular weight excluding hydrogens is 422 g/mol. The minimum Gasteiger partial charge on any atom is -0.491 e. The Morgan fingerprint density at radius 1 is 1.12 bits per heavy atom. The molecule has 0 aliphatic carbocycles. The molecule has 1 N–H and O–H groups in total. The molecule has 4 rings (SSSR count). The van der Waals surface area contributed by atoms with Crippen LogP contribution in [0.1, 0.15) is 15.3 Å². The third-order valence-electron chi connectivity index (χ3n) is 4.77. The van der Waals surface area contributed by atoms with Crippen LogP contribution in [0.3, 0.4) is 0 Å². The van der Waals surface area contributed by atoms with Gasteiger partial charge in [0.15, 0.2) is 0 Å². The van der Waals surface area contributed by atoms with Crippen LogP contribution in [0, 0.1) is 0 Å². The van der Waals surface area contributed by atoms with Crippen molar-refractivity contribution in [2.45, 2.75) is 20.4 Å². The molecule has 0 atom stereocenters. The van der Waals surface area contributed by atoms with E-state index in [0.717, 1.165) is 11.3 Å². The molecule has 0 radical (unpaired) electrons. The largest absolute Gasteiger partial charge is 0.491 e. The van der Waals surface area contributed by atoms with Crippen molar-refractivity contribution in [3.05, 3.63) is 71.1 Å². The van der Waals surface area contributed by atoms with Gasteiger partial charge < -0.3 is 14.4 Å². The molecule has 2 amide bonds. The zero-order valence-corrected chi connectivity index (χ0v) is 18.9. The lowest BCUT2D eigenvalue weighted by Crippen LogP contribution is -2.43. The fourth-order valence-corrected chi connectivity index (χ4v) is 3.15. The number of nitrogens with one attached hydrogen (secondary N) is 1. The molecule has 0 spiro atoms. The van der Waals surface area contributed by atoms with E-state index in [4.69, 9.17) is 9.47 Å². The molecule has 3 aromatic rings. The molecule has 0 bridgehead atoms. The smallest absolute Gasteiger partial charge is 0.323 e. The van der Waals surface area contributed by atoms with Gasteiger partial charge in [0.25, 0.3) is 5.56 Å². The molecule has 1 saturated heterocycles. The summed E-state index contributed by atoms with van der Waals surface area (Å²) >= 11 is 0. The number of ether oxygens (including phenoxy) is 2. The van der Waals surface area contributed by atoms with E-state index in [1.807, 2.05) is 44.2 Å². The normalized spacial score (nSPS) is 13.0. The molecule has 1 aromatic carbocycles. The monoisotopic (exact) mass is 453 g/mol. The fraction of sp³-hybridized carbons (Fsp3) is 0.333. The van der Waals surface area contributed by atoms with Crippen LogP contribution in [0.25, 0.3) is 11.3 Å². The second kappa shape index (κ2) is 12.4. The van der Waals surface area contributed by atoms with Crippen LogP contribution in [0.5, 0.6) is 5.75 Å². The Kier molecular flexibility index (Phi) is 8.96. The molecular formula is C24H31N5O4. The summed E-state index contributed by atoms with van der Waals surface area (Å²) in [4.78, 5) is 30.3. The predicted octanol–water partition coefficient (Wildman–Crippen LogP) is 3.52. The first-order valence-corrected chi connectivity index (χ1v) is 11.1. The number of anilines is 1. The topological polar surface area (TPSA) is 98.6 Å². The van der Waals surface area contributed by atoms with Crippen molar-refractivity contribution in [1.82, 2.24) is 19.7 Å². The summed E-state index contributed by atoms with van der Waals surface area (Å²) in [5, 5.41) is 7.19. The Bertz CT molecular complexity index is 1090. The summed E-state index contributed by atoms with van der Waals surface area (Å²) in [6.45, 7) is 6.69. The first kappa shape index (κ1) is 23.9. The summed E-state index contributed by atoms with van der Waals surface area (Å²) < 4.78 is 12.4. The standard InChI is InChI=1S/C22H23N5O4.C2H6.H2/c28-21-7-6-19(17-4-2-1-3-5-17)25-27(21)12-15-31-18-8-9-23-20(16-18)24-22(29)26-10-13-30-14-11-26;1-2;/h1-9,16H,10-15H2,(H,23,24,29);1-2H3;1H. The number of aromatic nitrogens is 3. The second-order valence-corrected chi connectivity index (χ2v) is 6.90. The van der Waals surface area contributed by atoms with Crippen molar-refractivity contribution in [2.75, 3.05) is 38.2 Å². The van der Waals surface area contributed by atoms with Crippen molar-refractivity contribution in [3.8, 4) is 17.0 Å². The lowest BCUT2D eigenvalue weighted by atomic mass is 10.1. The average Bonchev–Trinajstić information content (AvgIpc) is 2.88. The lowest BCUT2D eigenvalue weighted by Gasteiger charge is -2.26. The van der Waals surface area contributed by atoms with Gasteiger partial charge >= 0.3 is 6.03 Å². The molecule has 3 heterocycles. The molecule has 2 aromatic heterocycles. The van der Waals surface area contributed by atoms with E-state index in [0.29, 0.717) is 37.9 Å². The highest BCUT2D eigenvalue weighted by Crippen LogP contribution is 2.16. The van der Waals surface area contributed by atoms with Gasteiger partial charge in [-0.05, 0) is 12.1 Å². The number of hydrogen-bond acceptors (Lipinski definition) is 6. The van der Waals surface area contributed by atoms with E-state index in [1.54, 1.807) is 29.3 Å². The van der Waals surface area contributed by atoms with Crippen molar-refractivity contribution >= 4 is 11.8 Å². The number of pyridine rings is 1. The van der Waals surface area contributed by atoms with E-state index in [1.165, 1.54) is 10.7 Å². The molecule has 1 aliphatic rings. The Balaban J connectivity index is 0.00000133. The maximum atomic E-state index is 12.3. The molecule has 0 saturated carbocycles. The second-order valence-electron chi connectivity index (χ2n) is 6.90. The lowest BCUT2D eigenvalue weighted by molar-refractivity contribution is 0.0564. The molecule has 0 unspecified atom stereocenters. The van der Waals surface area contributed by atoms with Gasteiger partial charge in [0.1, 0.15) is 18.2 Å². The van der Waals surface area contributed by atoms with Gasteiger partial charge in [0.2, 0.25) is 0 Å². The van der Waals surface area contributed by atoms with Crippen molar-refractivity contribution in [1.29, 1.82) is 0 Å². The Morgan fingerprint density at radius 2 is 1.88 bits per heavy atom. The van der Waals surface area contributed by atoms with Crippen LogP contribution in [0.15, 0.2) is 65.6 Å². The summed E-state index contributed by atoms with van der Waals surface area (Å²) in [5.74, 6) is 0.940. The first-order valence-electron chi connectivity index (χ1n) is 11.1. The quantitative estimate of drug-likeness (QED) is 0.613. The Labute approximate surface area is 194 Å². The van der Waals surface area contributed by atoms with E-state index in [9.17, 15) is 9.59 Å². The zero-order valence-electron chi connectivity index (χ0n) is 18.9. The van der Waals surface area contributed by atoms with Crippen LogP contribution in [-0.2, 0) is 11.3 Å². The SMILES string of the molecule is CC.O=C(Nc1cc(OCCn2nc(-c3ccccc3)ccc2=O)ccn1)N1CCOCC1.[HH]. The van der Waals surface area contributed by atoms with Gasteiger partial charge in [0.05, 0.1) is 25.5 Å². The maximum Gasteiger partial charge on any atom is 0.323 e. The molecule has 1 aliphatic heterocycles. The number of amides is 2. The summed E-state index contributed by atoms with van der Waals surface area (Å²) in [7, 11) is 0. The molecule has 9 nitrogen and oxygen atoms in total. The maximum absolute atomic E-state index is 12.3. The van der Waals surface area contributed by atoms with E-state index >= 15 is 0 Å². The first-order chi connectivity index (χ1) is 16.2. The van der Waals surface area contributed by atoms with Crippen molar-refractivity contribution in [2.24, 2.45) is 0 Å². The number of urea groups is 1. The van der Waals surface area contributed by atoms with Crippen LogP contribution in [0.4, 0.5) is 10.6 Å². The summed E-state index contributed by atoms with van der Waals surface area (Å²) in [6.07, 6.45) is 1.56. The van der Waals surface area contributed by atoms with Gasteiger partial charge in [-0.2, -0.15) is 5.10 Å². The fourth-order valence-electron chi connectivity index (χ4n) is 3.15. The number of benzene rings is 1. The predicted molar refractivity (Wildman–Crippen MR) is 129 cm³/mol. The van der Waals surface area contributed by atoms with Gasteiger partial charge in [0, 0.05) is 38.4 Å². The van der Waals surface area contributed by atoms with Gasteiger partial charge in [-0.15, -0.1) is 0 Å². The van der Waals surface area contributed by atoms with Crippen LogP contribution < -0.4 is 15.6 Å². The van der Waals surface area contributed by atoms with Crippen LogP contribution in [0.2, 0.25) is 0 Å². The minimum atomic E-state index is -0.221. The average molecular weight is 454 g/mol. The Morgan fingerprint density at radius 3 is 2.64 bits per heavy atom. The number of carbonyl (C=O) groups excluding carboxylic acids is 1. The third kappa shape index (κ3) is 6.88. The summed E-state index contributed by atoms with van der Waals surface area (Å²) in [5.41, 5.74) is 1.46. The molecule has 33 heavy (non-hydrogen) atoms.